The molecule has 1 aliphatic heterocycles. The van der Waals surface area contributed by atoms with Crippen LogP contribution in [0.5, 0.6) is 0 Å². The number of benzene rings is 1. The van der Waals surface area contributed by atoms with Gasteiger partial charge >= 0.3 is 5.97 Å². The van der Waals surface area contributed by atoms with Crippen molar-refractivity contribution in [3.63, 3.8) is 0 Å². The molecule has 0 radical (unpaired) electrons. The van der Waals surface area contributed by atoms with Gasteiger partial charge in [0, 0.05) is 18.5 Å². The summed E-state index contributed by atoms with van der Waals surface area (Å²) in [7, 11) is 0. The predicted octanol–water partition coefficient (Wildman–Crippen LogP) is 0.636. The summed E-state index contributed by atoms with van der Waals surface area (Å²) >= 11 is 0. The molecule has 2 N–H and O–H groups in total. The summed E-state index contributed by atoms with van der Waals surface area (Å²) in [6, 6.07) is 12.7. The highest BCUT2D eigenvalue weighted by Gasteiger charge is 2.23. The Morgan fingerprint density at radius 1 is 1.44 bits per heavy atom. The minimum absolute atomic E-state index is 0.132. The SMILES string of the molecule is O=C(O)C#CN1CNCC1c1ccccc1. The molecule has 1 saturated heterocycles. The number of nitrogens with zero attached hydrogens (tertiary/aromatic N) is 1. The Hall–Kier alpha value is -1.99. The average molecular weight is 216 g/mol. The van der Waals surface area contributed by atoms with Crippen molar-refractivity contribution in [1.82, 2.24) is 10.2 Å². The van der Waals surface area contributed by atoms with Crippen molar-refractivity contribution in [1.29, 1.82) is 0 Å². The van der Waals surface area contributed by atoms with E-state index in [0.717, 1.165) is 12.1 Å². The lowest BCUT2D eigenvalue weighted by molar-refractivity contribution is -0.130. The lowest BCUT2D eigenvalue weighted by Crippen LogP contribution is -2.19. The summed E-state index contributed by atoms with van der Waals surface area (Å²) < 4.78 is 0. The molecule has 1 atom stereocenters. The van der Waals surface area contributed by atoms with Crippen molar-refractivity contribution in [2.45, 2.75) is 6.04 Å². The van der Waals surface area contributed by atoms with Gasteiger partial charge in [0.15, 0.2) is 0 Å². The zero-order valence-corrected chi connectivity index (χ0v) is 8.68. The molecule has 1 aliphatic rings. The van der Waals surface area contributed by atoms with E-state index in [1.807, 2.05) is 35.2 Å². The number of hydrogen-bond acceptors (Lipinski definition) is 3. The first-order valence-electron chi connectivity index (χ1n) is 5.04. The number of nitrogens with one attached hydrogen (secondary N) is 1. The Bertz CT molecular complexity index is 433. The molecular weight excluding hydrogens is 204 g/mol. The Morgan fingerprint density at radius 3 is 2.88 bits per heavy atom. The van der Waals surface area contributed by atoms with Gasteiger partial charge in [-0.1, -0.05) is 30.3 Å². The molecule has 0 saturated carbocycles. The molecule has 0 aliphatic carbocycles. The van der Waals surface area contributed by atoms with Crippen LogP contribution in [-0.4, -0.2) is 29.2 Å². The fourth-order valence-corrected chi connectivity index (χ4v) is 1.75. The van der Waals surface area contributed by atoms with E-state index < -0.39 is 5.97 Å². The molecule has 1 aromatic rings. The van der Waals surface area contributed by atoms with E-state index in [4.69, 9.17) is 5.11 Å². The lowest BCUT2D eigenvalue weighted by atomic mass is 10.1. The van der Waals surface area contributed by atoms with Crippen molar-refractivity contribution in [3.05, 3.63) is 35.9 Å². The van der Waals surface area contributed by atoms with Crippen LogP contribution in [0.4, 0.5) is 0 Å². The van der Waals surface area contributed by atoms with Gasteiger partial charge < -0.3 is 10.0 Å². The summed E-state index contributed by atoms with van der Waals surface area (Å²) in [6.45, 7) is 1.39. The maximum absolute atomic E-state index is 10.4. The van der Waals surface area contributed by atoms with Gasteiger partial charge in [-0.15, -0.1) is 0 Å². The molecule has 4 heteroatoms. The Balaban J connectivity index is 2.17. The lowest BCUT2D eigenvalue weighted by Gasteiger charge is -2.18. The minimum Gasteiger partial charge on any atom is -0.472 e. The van der Waals surface area contributed by atoms with Crippen LogP contribution >= 0.6 is 0 Å². The van der Waals surface area contributed by atoms with Crippen molar-refractivity contribution >= 4 is 5.97 Å². The first-order chi connectivity index (χ1) is 7.77. The molecule has 0 spiro atoms. The third-order valence-corrected chi connectivity index (χ3v) is 2.49. The predicted molar refractivity (Wildman–Crippen MR) is 59.3 cm³/mol. The molecule has 0 amide bonds. The quantitative estimate of drug-likeness (QED) is 0.676. The first kappa shape index (κ1) is 10.5. The van der Waals surface area contributed by atoms with Gasteiger partial charge in [0.1, 0.15) is 0 Å². The molecular formula is C12H12N2O2. The highest BCUT2D eigenvalue weighted by atomic mass is 16.4. The maximum Gasteiger partial charge on any atom is 0.383 e. The number of carboxylic acid groups (broad SMARTS) is 1. The number of carbonyl (C=O) groups is 1. The van der Waals surface area contributed by atoms with Crippen LogP contribution < -0.4 is 5.32 Å². The monoisotopic (exact) mass is 216 g/mol. The van der Waals surface area contributed by atoms with Crippen LogP contribution in [0.15, 0.2) is 30.3 Å². The molecule has 2 rings (SSSR count). The van der Waals surface area contributed by atoms with E-state index in [2.05, 4.69) is 17.3 Å². The van der Waals surface area contributed by atoms with Crippen LogP contribution in [0.25, 0.3) is 0 Å². The van der Waals surface area contributed by atoms with Crippen LogP contribution in [0, 0.1) is 12.0 Å². The standard InChI is InChI=1S/C12H12N2O2/c15-12(16)6-7-14-9-13-8-11(14)10-4-2-1-3-5-10/h1-5,11,13H,8-9H2,(H,15,16). The molecule has 1 heterocycles. The number of carboxylic acids is 1. The Morgan fingerprint density at radius 2 is 2.19 bits per heavy atom. The van der Waals surface area contributed by atoms with Crippen molar-refractivity contribution < 1.29 is 9.90 Å². The van der Waals surface area contributed by atoms with Gasteiger partial charge in [-0.25, -0.2) is 4.79 Å². The third kappa shape index (κ3) is 2.33. The molecule has 1 unspecified atom stereocenters. The first-order valence-corrected chi connectivity index (χ1v) is 5.04. The Labute approximate surface area is 93.9 Å². The molecule has 1 fully saturated rings. The van der Waals surface area contributed by atoms with Crippen LogP contribution in [-0.2, 0) is 4.79 Å². The van der Waals surface area contributed by atoms with Gasteiger partial charge in [-0.2, -0.15) is 0 Å². The highest BCUT2D eigenvalue weighted by Crippen LogP contribution is 2.21. The van der Waals surface area contributed by atoms with E-state index in [-0.39, 0.29) is 6.04 Å². The second-order valence-corrected chi connectivity index (χ2v) is 3.55. The van der Waals surface area contributed by atoms with Gasteiger partial charge in [0.05, 0.1) is 12.7 Å². The van der Waals surface area contributed by atoms with Crippen molar-refractivity contribution in [2.75, 3.05) is 13.2 Å². The fourth-order valence-electron chi connectivity index (χ4n) is 1.75. The van der Waals surface area contributed by atoms with E-state index in [0.29, 0.717) is 6.67 Å². The molecule has 0 aromatic heterocycles. The molecule has 4 nitrogen and oxygen atoms in total. The van der Waals surface area contributed by atoms with E-state index in [1.165, 1.54) is 0 Å². The van der Waals surface area contributed by atoms with Crippen LogP contribution in [0.1, 0.15) is 11.6 Å². The van der Waals surface area contributed by atoms with Gasteiger partial charge in [0.2, 0.25) is 0 Å². The summed E-state index contributed by atoms with van der Waals surface area (Å²) in [5.41, 5.74) is 1.15. The molecule has 16 heavy (non-hydrogen) atoms. The second-order valence-electron chi connectivity index (χ2n) is 3.55. The van der Waals surface area contributed by atoms with Crippen molar-refractivity contribution in [3.8, 4) is 12.0 Å². The summed E-state index contributed by atoms with van der Waals surface area (Å²) in [5, 5.41) is 11.7. The third-order valence-electron chi connectivity index (χ3n) is 2.49. The fraction of sp³-hybridized carbons (Fsp3) is 0.250. The normalized spacial score (nSPS) is 19.0. The number of rotatable bonds is 1. The molecule has 0 bridgehead atoms. The summed E-state index contributed by atoms with van der Waals surface area (Å²) in [5.74, 6) is 1.04. The van der Waals surface area contributed by atoms with Gasteiger partial charge in [-0.05, 0) is 5.56 Å². The zero-order chi connectivity index (χ0) is 11.4. The summed E-state index contributed by atoms with van der Waals surface area (Å²) in [4.78, 5) is 12.2. The minimum atomic E-state index is -1.10. The van der Waals surface area contributed by atoms with Crippen LogP contribution in [0.3, 0.4) is 0 Å². The van der Waals surface area contributed by atoms with Crippen molar-refractivity contribution in [2.24, 2.45) is 0 Å². The summed E-state index contributed by atoms with van der Waals surface area (Å²) in [6.07, 6.45) is 0. The molecule has 82 valence electrons. The Kier molecular flexibility index (Phi) is 3.08. The zero-order valence-electron chi connectivity index (χ0n) is 8.68. The van der Waals surface area contributed by atoms with E-state index in [1.54, 1.807) is 0 Å². The van der Waals surface area contributed by atoms with Crippen LogP contribution in [0.2, 0.25) is 0 Å². The average Bonchev–Trinajstić information content (AvgIpc) is 2.75. The highest BCUT2D eigenvalue weighted by molar-refractivity contribution is 5.86. The van der Waals surface area contributed by atoms with Gasteiger partial charge in [0.25, 0.3) is 0 Å². The molecule has 1 aromatic carbocycles. The number of aliphatic carboxylic acids is 1. The van der Waals surface area contributed by atoms with Gasteiger partial charge in [-0.3, -0.25) is 5.32 Å². The number of hydrogen-bond donors (Lipinski definition) is 2. The van der Waals surface area contributed by atoms with E-state index in [9.17, 15) is 4.79 Å². The second kappa shape index (κ2) is 4.69. The maximum atomic E-state index is 10.4. The largest absolute Gasteiger partial charge is 0.472 e. The smallest absolute Gasteiger partial charge is 0.383 e. The topological polar surface area (TPSA) is 52.6 Å². The van der Waals surface area contributed by atoms with E-state index >= 15 is 0 Å².